The van der Waals surface area contributed by atoms with Crippen LogP contribution in [0.3, 0.4) is 0 Å². The maximum atomic E-state index is 12.8. The third-order valence-corrected chi connectivity index (χ3v) is 4.85. The SMILES string of the molecule is CC1CN(C(=O)c2occc2CN2C(=O)Cc3ccccc32)CCN1.Cl. The number of fused-ring (bicyclic) bond motifs is 1. The Labute approximate surface area is 158 Å². The van der Waals surface area contributed by atoms with Crippen LogP contribution < -0.4 is 10.2 Å². The van der Waals surface area contributed by atoms with Crippen molar-refractivity contribution in [1.82, 2.24) is 10.2 Å². The summed E-state index contributed by atoms with van der Waals surface area (Å²) < 4.78 is 5.50. The molecule has 2 aliphatic rings. The Morgan fingerprint density at radius 3 is 2.92 bits per heavy atom. The minimum absolute atomic E-state index is 0. The molecule has 0 bridgehead atoms. The van der Waals surface area contributed by atoms with Crippen LogP contribution in [-0.2, 0) is 17.8 Å². The largest absolute Gasteiger partial charge is 0.459 e. The van der Waals surface area contributed by atoms with Crippen molar-refractivity contribution in [3.63, 3.8) is 0 Å². The van der Waals surface area contributed by atoms with E-state index in [1.165, 1.54) is 6.26 Å². The number of para-hydroxylation sites is 1. The molecular formula is C19H22ClN3O3. The molecular weight excluding hydrogens is 354 g/mol. The van der Waals surface area contributed by atoms with Crippen LogP contribution in [0, 0.1) is 0 Å². The van der Waals surface area contributed by atoms with E-state index in [1.54, 1.807) is 11.0 Å². The van der Waals surface area contributed by atoms with E-state index in [4.69, 9.17) is 4.42 Å². The molecule has 26 heavy (non-hydrogen) atoms. The number of amides is 2. The van der Waals surface area contributed by atoms with E-state index in [1.807, 2.05) is 29.2 Å². The molecule has 1 aromatic heterocycles. The molecule has 1 fully saturated rings. The Kier molecular flexibility index (Phi) is 5.34. The van der Waals surface area contributed by atoms with E-state index in [0.29, 0.717) is 31.8 Å². The normalized spacial score (nSPS) is 19.3. The van der Waals surface area contributed by atoms with Crippen LogP contribution in [-0.4, -0.2) is 42.4 Å². The third kappa shape index (κ3) is 3.34. The Bertz CT molecular complexity index is 820. The number of benzene rings is 1. The minimum Gasteiger partial charge on any atom is -0.459 e. The van der Waals surface area contributed by atoms with Crippen LogP contribution in [0.25, 0.3) is 0 Å². The summed E-state index contributed by atoms with van der Waals surface area (Å²) in [5, 5.41) is 3.32. The first-order valence-corrected chi connectivity index (χ1v) is 8.61. The molecule has 4 rings (SSSR count). The zero-order valence-electron chi connectivity index (χ0n) is 14.6. The second kappa shape index (κ2) is 7.51. The minimum atomic E-state index is -0.103. The van der Waals surface area contributed by atoms with Crippen LogP contribution >= 0.6 is 12.4 Å². The van der Waals surface area contributed by atoms with Crippen molar-refractivity contribution < 1.29 is 14.0 Å². The van der Waals surface area contributed by atoms with Gasteiger partial charge in [0.05, 0.1) is 19.2 Å². The number of hydrogen-bond acceptors (Lipinski definition) is 4. The average Bonchev–Trinajstić information content (AvgIpc) is 3.19. The van der Waals surface area contributed by atoms with Gasteiger partial charge in [0.1, 0.15) is 0 Å². The predicted octanol–water partition coefficient (Wildman–Crippen LogP) is 2.22. The molecule has 3 heterocycles. The molecule has 0 radical (unpaired) electrons. The number of anilines is 1. The molecule has 138 valence electrons. The van der Waals surface area contributed by atoms with Gasteiger partial charge in [-0.15, -0.1) is 12.4 Å². The number of halogens is 1. The van der Waals surface area contributed by atoms with Crippen molar-refractivity contribution in [3.8, 4) is 0 Å². The van der Waals surface area contributed by atoms with Gasteiger partial charge in [0.25, 0.3) is 5.91 Å². The first-order chi connectivity index (χ1) is 12.1. The van der Waals surface area contributed by atoms with Gasteiger partial charge >= 0.3 is 0 Å². The Morgan fingerprint density at radius 2 is 2.12 bits per heavy atom. The van der Waals surface area contributed by atoms with Crippen molar-refractivity contribution in [1.29, 1.82) is 0 Å². The van der Waals surface area contributed by atoms with Gasteiger partial charge in [-0.05, 0) is 24.6 Å². The summed E-state index contributed by atoms with van der Waals surface area (Å²) in [6, 6.07) is 9.83. The molecule has 2 aromatic rings. The standard InChI is InChI=1S/C19H21N3O3.ClH/c1-13-11-21(8-7-20-13)19(24)18-15(6-9-25-18)12-22-16-5-3-2-4-14(16)10-17(22)23;/h2-6,9,13,20H,7-8,10-12H2,1H3;1H. The highest BCUT2D eigenvalue weighted by molar-refractivity contribution is 6.01. The van der Waals surface area contributed by atoms with Gasteiger partial charge in [-0.25, -0.2) is 0 Å². The summed E-state index contributed by atoms with van der Waals surface area (Å²) in [6.45, 7) is 4.51. The number of carbonyl (C=O) groups excluding carboxylic acids is 2. The topological polar surface area (TPSA) is 65.8 Å². The first kappa shape index (κ1) is 18.5. The Hall–Kier alpha value is -2.31. The fourth-order valence-electron chi connectivity index (χ4n) is 3.57. The van der Waals surface area contributed by atoms with E-state index in [0.717, 1.165) is 23.4 Å². The summed E-state index contributed by atoms with van der Waals surface area (Å²) in [5.41, 5.74) is 2.70. The van der Waals surface area contributed by atoms with E-state index < -0.39 is 0 Å². The number of furan rings is 1. The zero-order chi connectivity index (χ0) is 17.4. The third-order valence-electron chi connectivity index (χ3n) is 4.85. The lowest BCUT2D eigenvalue weighted by atomic mass is 10.1. The van der Waals surface area contributed by atoms with Crippen LogP contribution in [0.5, 0.6) is 0 Å². The average molecular weight is 376 g/mol. The van der Waals surface area contributed by atoms with Crippen LogP contribution in [0.2, 0.25) is 0 Å². The van der Waals surface area contributed by atoms with Gasteiger partial charge < -0.3 is 19.5 Å². The van der Waals surface area contributed by atoms with Crippen LogP contribution in [0.4, 0.5) is 5.69 Å². The molecule has 7 heteroatoms. The lowest BCUT2D eigenvalue weighted by Gasteiger charge is -2.31. The van der Waals surface area contributed by atoms with Crippen molar-refractivity contribution >= 4 is 29.9 Å². The Morgan fingerprint density at radius 1 is 1.31 bits per heavy atom. The van der Waals surface area contributed by atoms with Crippen LogP contribution in [0.15, 0.2) is 41.0 Å². The van der Waals surface area contributed by atoms with Gasteiger partial charge in [0, 0.05) is 36.9 Å². The van der Waals surface area contributed by atoms with E-state index >= 15 is 0 Å². The smallest absolute Gasteiger partial charge is 0.290 e. The van der Waals surface area contributed by atoms with Gasteiger partial charge in [0.2, 0.25) is 5.91 Å². The second-order valence-corrected chi connectivity index (χ2v) is 6.67. The first-order valence-electron chi connectivity index (χ1n) is 8.61. The molecule has 1 N–H and O–H groups in total. The number of nitrogens with zero attached hydrogens (tertiary/aromatic N) is 2. The molecule has 6 nitrogen and oxygen atoms in total. The number of nitrogens with one attached hydrogen (secondary N) is 1. The van der Waals surface area contributed by atoms with E-state index in [-0.39, 0.29) is 30.3 Å². The maximum absolute atomic E-state index is 12.8. The fourth-order valence-corrected chi connectivity index (χ4v) is 3.57. The number of rotatable bonds is 3. The maximum Gasteiger partial charge on any atom is 0.290 e. The monoisotopic (exact) mass is 375 g/mol. The summed E-state index contributed by atoms with van der Waals surface area (Å²) in [4.78, 5) is 28.7. The van der Waals surface area contributed by atoms with Gasteiger partial charge in [-0.3, -0.25) is 9.59 Å². The molecule has 2 aliphatic heterocycles. The highest BCUT2D eigenvalue weighted by atomic mass is 35.5. The number of piperazine rings is 1. The van der Waals surface area contributed by atoms with Gasteiger partial charge in [0.15, 0.2) is 5.76 Å². The summed E-state index contributed by atoms with van der Waals surface area (Å²) in [5.74, 6) is 0.288. The number of hydrogen-bond donors (Lipinski definition) is 1. The van der Waals surface area contributed by atoms with Crippen LogP contribution in [0.1, 0.15) is 28.6 Å². The van der Waals surface area contributed by atoms with E-state index in [9.17, 15) is 9.59 Å². The molecule has 1 aromatic carbocycles. The van der Waals surface area contributed by atoms with Crippen molar-refractivity contribution in [2.24, 2.45) is 0 Å². The van der Waals surface area contributed by atoms with Gasteiger partial charge in [-0.2, -0.15) is 0 Å². The van der Waals surface area contributed by atoms with E-state index in [2.05, 4.69) is 12.2 Å². The van der Waals surface area contributed by atoms with Gasteiger partial charge in [-0.1, -0.05) is 18.2 Å². The molecule has 2 amide bonds. The van der Waals surface area contributed by atoms with Crippen molar-refractivity contribution in [2.45, 2.75) is 25.9 Å². The quantitative estimate of drug-likeness (QED) is 0.893. The summed E-state index contributed by atoms with van der Waals surface area (Å²) in [6.07, 6.45) is 1.94. The predicted molar refractivity (Wildman–Crippen MR) is 101 cm³/mol. The summed E-state index contributed by atoms with van der Waals surface area (Å²) >= 11 is 0. The highest BCUT2D eigenvalue weighted by Crippen LogP contribution is 2.30. The summed E-state index contributed by atoms with van der Waals surface area (Å²) in [7, 11) is 0. The zero-order valence-corrected chi connectivity index (χ0v) is 15.4. The lowest BCUT2D eigenvalue weighted by molar-refractivity contribution is -0.117. The molecule has 0 spiro atoms. The van der Waals surface area contributed by atoms with Crippen molar-refractivity contribution in [2.75, 3.05) is 24.5 Å². The molecule has 1 saturated heterocycles. The molecule has 0 aliphatic carbocycles. The molecule has 1 unspecified atom stereocenters. The molecule has 0 saturated carbocycles. The molecule has 1 atom stereocenters. The fraction of sp³-hybridized carbons (Fsp3) is 0.368. The highest BCUT2D eigenvalue weighted by Gasteiger charge is 2.30. The number of carbonyl (C=O) groups is 2. The lowest BCUT2D eigenvalue weighted by Crippen LogP contribution is -2.51. The Balaban J connectivity index is 0.00000196. The second-order valence-electron chi connectivity index (χ2n) is 6.67. The van der Waals surface area contributed by atoms with Crippen molar-refractivity contribution in [3.05, 3.63) is 53.5 Å².